The Bertz CT molecular complexity index is 697. The van der Waals surface area contributed by atoms with Crippen LogP contribution in [-0.4, -0.2) is 8.42 Å². The van der Waals surface area contributed by atoms with Crippen molar-refractivity contribution in [2.24, 2.45) is 0 Å². The molecule has 0 fully saturated rings. The van der Waals surface area contributed by atoms with Crippen molar-refractivity contribution in [2.45, 2.75) is 10.6 Å². The lowest BCUT2D eigenvalue weighted by Crippen LogP contribution is -2.05. The first kappa shape index (κ1) is 14.2. The van der Waals surface area contributed by atoms with Crippen LogP contribution in [0.1, 0.15) is 5.56 Å². The quantitative estimate of drug-likeness (QED) is 0.881. The molecule has 0 heterocycles. The number of rotatable bonds is 3. The lowest BCUT2D eigenvalue weighted by atomic mass is 10.2. The zero-order valence-corrected chi connectivity index (χ0v) is 12.1. The topological polar surface area (TPSA) is 60.2 Å². The molecule has 19 heavy (non-hydrogen) atoms. The molecule has 2 aromatic rings. The fraction of sp³-hybridized carbons (Fsp3) is 0.0769. The summed E-state index contributed by atoms with van der Waals surface area (Å²) in [4.78, 5) is 0.204. The molecular formula is C13H11Cl2NO2S. The molecule has 0 aromatic heterocycles. The van der Waals surface area contributed by atoms with Crippen LogP contribution in [0.4, 0.5) is 5.69 Å². The second kappa shape index (κ2) is 5.41. The molecular weight excluding hydrogens is 305 g/mol. The summed E-state index contributed by atoms with van der Waals surface area (Å²) in [6.45, 7) is 0. The molecule has 3 nitrogen and oxygen atoms in total. The van der Waals surface area contributed by atoms with Crippen LogP contribution in [0, 0.1) is 0 Å². The highest BCUT2D eigenvalue weighted by molar-refractivity contribution is 7.90. The molecule has 6 heteroatoms. The van der Waals surface area contributed by atoms with E-state index in [0.717, 1.165) is 0 Å². The molecule has 0 aliphatic heterocycles. The number of nitrogen functional groups attached to an aromatic ring is 1. The van der Waals surface area contributed by atoms with Crippen LogP contribution in [0.3, 0.4) is 0 Å². The van der Waals surface area contributed by atoms with Crippen LogP contribution in [-0.2, 0) is 15.6 Å². The van der Waals surface area contributed by atoms with Gasteiger partial charge in [-0.1, -0.05) is 23.2 Å². The summed E-state index contributed by atoms with van der Waals surface area (Å²) >= 11 is 11.7. The van der Waals surface area contributed by atoms with Gasteiger partial charge in [-0.25, -0.2) is 8.42 Å². The Morgan fingerprint density at radius 2 is 1.63 bits per heavy atom. The summed E-state index contributed by atoms with van der Waals surface area (Å²) in [6, 6.07) is 10.8. The van der Waals surface area contributed by atoms with Gasteiger partial charge >= 0.3 is 0 Å². The van der Waals surface area contributed by atoms with Crippen LogP contribution < -0.4 is 5.73 Å². The van der Waals surface area contributed by atoms with Crippen molar-refractivity contribution in [1.29, 1.82) is 0 Å². The first-order valence-corrected chi connectivity index (χ1v) is 7.81. The van der Waals surface area contributed by atoms with E-state index in [0.29, 0.717) is 21.3 Å². The third kappa shape index (κ3) is 3.41. The van der Waals surface area contributed by atoms with E-state index in [1.807, 2.05) is 0 Å². The van der Waals surface area contributed by atoms with Gasteiger partial charge < -0.3 is 5.73 Å². The van der Waals surface area contributed by atoms with E-state index in [2.05, 4.69) is 0 Å². The fourth-order valence-electron chi connectivity index (χ4n) is 1.64. The molecule has 0 saturated carbocycles. The van der Waals surface area contributed by atoms with Crippen LogP contribution in [0.25, 0.3) is 0 Å². The van der Waals surface area contributed by atoms with E-state index in [1.165, 1.54) is 24.3 Å². The second-order valence-electron chi connectivity index (χ2n) is 4.06. The molecule has 2 aromatic carbocycles. The summed E-state index contributed by atoms with van der Waals surface area (Å²) in [5.74, 6) is -0.196. The molecule has 0 atom stereocenters. The van der Waals surface area contributed by atoms with Gasteiger partial charge in [-0.05, 0) is 48.0 Å². The number of hydrogen-bond acceptors (Lipinski definition) is 3. The predicted molar refractivity (Wildman–Crippen MR) is 78.2 cm³/mol. The van der Waals surface area contributed by atoms with Gasteiger partial charge in [0.2, 0.25) is 0 Å². The average molecular weight is 316 g/mol. The zero-order valence-electron chi connectivity index (χ0n) is 9.81. The van der Waals surface area contributed by atoms with Crippen LogP contribution in [0.2, 0.25) is 10.0 Å². The maximum atomic E-state index is 12.2. The van der Waals surface area contributed by atoms with Crippen molar-refractivity contribution >= 4 is 38.7 Å². The maximum absolute atomic E-state index is 12.2. The Balaban J connectivity index is 2.36. The van der Waals surface area contributed by atoms with Crippen molar-refractivity contribution in [1.82, 2.24) is 0 Å². The zero-order chi connectivity index (χ0) is 14.0. The Morgan fingerprint density at radius 1 is 1.00 bits per heavy atom. The number of hydrogen-bond donors (Lipinski definition) is 1. The highest BCUT2D eigenvalue weighted by atomic mass is 35.5. The normalized spacial score (nSPS) is 11.5. The Kier molecular flexibility index (Phi) is 4.04. The maximum Gasteiger partial charge on any atom is 0.182 e. The van der Waals surface area contributed by atoms with Gasteiger partial charge in [-0.3, -0.25) is 0 Å². The molecule has 0 amide bonds. The first-order valence-electron chi connectivity index (χ1n) is 5.41. The van der Waals surface area contributed by atoms with E-state index in [-0.39, 0.29) is 10.6 Å². The van der Waals surface area contributed by atoms with Gasteiger partial charge in [-0.2, -0.15) is 0 Å². The molecule has 2 rings (SSSR count). The third-order valence-corrected chi connectivity index (χ3v) is 4.89. The van der Waals surface area contributed by atoms with Crippen LogP contribution >= 0.6 is 23.2 Å². The smallest absolute Gasteiger partial charge is 0.182 e. The van der Waals surface area contributed by atoms with E-state index >= 15 is 0 Å². The molecule has 0 saturated heterocycles. The summed E-state index contributed by atoms with van der Waals surface area (Å²) in [5, 5.41) is 0.868. The second-order valence-corrected chi connectivity index (χ2v) is 6.90. The summed E-state index contributed by atoms with van der Waals surface area (Å²) < 4.78 is 24.5. The predicted octanol–water partition coefficient (Wildman–Crippen LogP) is 3.55. The van der Waals surface area contributed by atoms with Crippen molar-refractivity contribution in [3.63, 3.8) is 0 Å². The van der Waals surface area contributed by atoms with Gasteiger partial charge in [0.1, 0.15) is 0 Å². The molecule has 0 bridgehead atoms. The Morgan fingerprint density at radius 3 is 2.26 bits per heavy atom. The average Bonchev–Trinajstić information content (AvgIpc) is 2.34. The molecule has 0 spiro atoms. The Labute approximate surface area is 121 Å². The fourth-order valence-corrected chi connectivity index (χ4v) is 3.39. The van der Waals surface area contributed by atoms with Crippen LogP contribution in [0.5, 0.6) is 0 Å². The highest BCUT2D eigenvalue weighted by Gasteiger charge is 2.17. The summed E-state index contributed by atoms with van der Waals surface area (Å²) in [7, 11) is -3.47. The Hall–Kier alpha value is -1.23. The number of benzene rings is 2. The van der Waals surface area contributed by atoms with Crippen molar-refractivity contribution in [2.75, 3.05) is 5.73 Å². The minimum atomic E-state index is -3.47. The number of sulfone groups is 1. The molecule has 0 radical (unpaired) electrons. The molecule has 2 N–H and O–H groups in total. The lowest BCUT2D eigenvalue weighted by Gasteiger charge is -2.07. The lowest BCUT2D eigenvalue weighted by molar-refractivity contribution is 0.595. The van der Waals surface area contributed by atoms with Crippen molar-refractivity contribution in [3.8, 4) is 0 Å². The van der Waals surface area contributed by atoms with Gasteiger partial charge in [-0.15, -0.1) is 0 Å². The number of anilines is 1. The minimum Gasteiger partial charge on any atom is -0.399 e. The molecule has 0 unspecified atom stereocenters. The van der Waals surface area contributed by atoms with Gasteiger partial charge in [0.25, 0.3) is 0 Å². The van der Waals surface area contributed by atoms with Crippen molar-refractivity contribution in [3.05, 3.63) is 58.1 Å². The molecule has 0 aliphatic carbocycles. The number of halogens is 2. The van der Waals surface area contributed by atoms with Gasteiger partial charge in [0.15, 0.2) is 9.84 Å². The van der Waals surface area contributed by atoms with E-state index < -0.39 is 9.84 Å². The van der Waals surface area contributed by atoms with Crippen molar-refractivity contribution < 1.29 is 8.42 Å². The van der Waals surface area contributed by atoms with Crippen LogP contribution in [0.15, 0.2) is 47.4 Å². The monoisotopic (exact) mass is 315 g/mol. The highest BCUT2D eigenvalue weighted by Crippen LogP contribution is 2.24. The first-order chi connectivity index (χ1) is 8.88. The van der Waals surface area contributed by atoms with E-state index in [4.69, 9.17) is 28.9 Å². The number of nitrogens with two attached hydrogens (primary N) is 1. The molecule has 100 valence electrons. The largest absolute Gasteiger partial charge is 0.399 e. The summed E-state index contributed by atoms with van der Waals surface area (Å²) in [5.41, 5.74) is 6.59. The van der Waals surface area contributed by atoms with Gasteiger partial charge in [0.05, 0.1) is 10.6 Å². The third-order valence-electron chi connectivity index (χ3n) is 2.59. The standard InChI is InChI=1S/C13H11Cl2NO2S/c14-10-1-4-12(5-2-10)19(17,18)8-9-7-11(16)3-6-13(9)15/h1-7H,8,16H2. The minimum absolute atomic E-state index is 0.196. The SMILES string of the molecule is Nc1ccc(Cl)c(CS(=O)(=O)c2ccc(Cl)cc2)c1. The van der Waals surface area contributed by atoms with Gasteiger partial charge in [0, 0.05) is 15.7 Å². The van der Waals surface area contributed by atoms with E-state index in [9.17, 15) is 8.42 Å². The molecule has 0 aliphatic rings. The summed E-state index contributed by atoms with van der Waals surface area (Å²) in [6.07, 6.45) is 0. The van der Waals surface area contributed by atoms with E-state index in [1.54, 1.807) is 18.2 Å².